The van der Waals surface area contributed by atoms with E-state index in [2.05, 4.69) is 4.98 Å². The Morgan fingerprint density at radius 3 is 2.89 bits per heavy atom. The van der Waals surface area contributed by atoms with Gasteiger partial charge >= 0.3 is 0 Å². The molecule has 0 fully saturated rings. The van der Waals surface area contributed by atoms with E-state index in [1.807, 2.05) is 37.3 Å². The van der Waals surface area contributed by atoms with Crippen LogP contribution in [0, 0.1) is 6.92 Å². The Morgan fingerprint density at radius 1 is 1.21 bits per heavy atom. The second kappa shape index (κ2) is 4.72. The lowest BCUT2D eigenvalue weighted by atomic mass is 10.1. The summed E-state index contributed by atoms with van der Waals surface area (Å²) >= 11 is 0. The van der Waals surface area contributed by atoms with Crippen molar-refractivity contribution >= 4 is 5.78 Å². The van der Waals surface area contributed by atoms with E-state index in [9.17, 15) is 4.79 Å². The Labute approximate surface area is 111 Å². The van der Waals surface area contributed by atoms with E-state index >= 15 is 0 Å². The van der Waals surface area contributed by atoms with Gasteiger partial charge in [-0.3, -0.25) is 9.78 Å². The molecule has 0 radical (unpaired) electrons. The minimum absolute atomic E-state index is 0.00238. The Morgan fingerprint density at radius 2 is 2.05 bits per heavy atom. The van der Waals surface area contributed by atoms with Crippen molar-refractivity contribution in [3.63, 3.8) is 0 Å². The molecule has 0 atom stereocenters. The van der Waals surface area contributed by atoms with Gasteiger partial charge in [0.05, 0.1) is 0 Å². The fourth-order valence-electron chi connectivity index (χ4n) is 2.03. The highest BCUT2D eigenvalue weighted by atomic mass is 16.7. The topological polar surface area (TPSA) is 48.4 Å². The molecule has 1 aliphatic rings. The maximum Gasteiger partial charge on any atom is 0.231 e. The Kier molecular flexibility index (Phi) is 2.91. The number of aromatic nitrogens is 1. The maximum absolute atomic E-state index is 12.1. The lowest BCUT2D eigenvalue weighted by Crippen LogP contribution is -2.06. The third kappa shape index (κ3) is 2.42. The van der Waals surface area contributed by atoms with Crippen LogP contribution in [0.15, 0.2) is 36.4 Å². The molecule has 0 bridgehead atoms. The van der Waals surface area contributed by atoms with Crippen LogP contribution >= 0.6 is 0 Å². The van der Waals surface area contributed by atoms with Gasteiger partial charge in [0, 0.05) is 12.1 Å². The van der Waals surface area contributed by atoms with Crippen molar-refractivity contribution in [2.75, 3.05) is 6.79 Å². The van der Waals surface area contributed by atoms with Gasteiger partial charge in [-0.1, -0.05) is 12.1 Å². The Hall–Kier alpha value is -2.36. The number of hydrogen-bond acceptors (Lipinski definition) is 4. The minimum atomic E-state index is 0.00238. The number of ether oxygens (including phenoxy) is 2. The Bertz CT molecular complexity index is 637. The number of ketones is 1. The first-order chi connectivity index (χ1) is 9.22. The molecule has 0 aliphatic carbocycles. The molecule has 4 nitrogen and oxygen atoms in total. The van der Waals surface area contributed by atoms with Crippen LogP contribution in [0.2, 0.25) is 0 Å². The summed E-state index contributed by atoms with van der Waals surface area (Å²) in [6, 6.07) is 11.0. The number of rotatable bonds is 3. The van der Waals surface area contributed by atoms with Gasteiger partial charge in [-0.25, -0.2) is 0 Å². The van der Waals surface area contributed by atoms with E-state index < -0.39 is 0 Å². The van der Waals surface area contributed by atoms with E-state index in [1.54, 1.807) is 6.07 Å². The quantitative estimate of drug-likeness (QED) is 0.791. The van der Waals surface area contributed by atoms with Gasteiger partial charge in [0.2, 0.25) is 6.79 Å². The van der Waals surface area contributed by atoms with Gasteiger partial charge in [-0.15, -0.1) is 0 Å². The van der Waals surface area contributed by atoms with Crippen LogP contribution in [0.4, 0.5) is 0 Å². The molecule has 2 aromatic rings. The first-order valence-electron chi connectivity index (χ1n) is 6.08. The van der Waals surface area contributed by atoms with Crippen molar-refractivity contribution in [3.8, 4) is 11.5 Å². The lowest BCUT2D eigenvalue weighted by Gasteiger charge is -2.03. The molecular formula is C15H13NO3. The number of fused-ring (bicyclic) bond motifs is 1. The predicted octanol–water partition coefficient (Wildman–Crippen LogP) is 2.54. The highest BCUT2D eigenvalue weighted by Gasteiger charge is 2.15. The number of carbonyl (C=O) groups excluding carboxylic acids is 1. The third-order valence-corrected chi connectivity index (χ3v) is 2.98. The van der Waals surface area contributed by atoms with Crippen LogP contribution < -0.4 is 9.47 Å². The van der Waals surface area contributed by atoms with Crippen LogP contribution in [0.3, 0.4) is 0 Å². The number of hydrogen-bond donors (Lipinski definition) is 0. The summed E-state index contributed by atoms with van der Waals surface area (Å²) in [5, 5.41) is 0. The van der Waals surface area contributed by atoms with E-state index in [4.69, 9.17) is 9.47 Å². The minimum Gasteiger partial charge on any atom is -0.454 e. The number of benzene rings is 1. The molecule has 4 heteroatoms. The van der Waals surface area contributed by atoms with Gasteiger partial charge in [-0.2, -0.15) is 0 Å². The molecule has 2 heterocycles. The van der Waals surface area contributed by atoms with Crippen molar-refractivity contribution in [2.24, 2.45) is 0 Å². The van der Waals surface area contributed by atoms with Crippen molar-refractivity contribution in [3.05, 3.63) is 53.3 Å². The summed E-state index contributed by atoms with van der Waals surface area (Å²) in [4.78, 5) is 16.4. The molecule has 0 spiro atoms. The summed E-state index contributed by atoms with van der Waals surface area (Å²) in [7, 11) is 0. The zero-order valence-electron chi connectivity index (χ0n) is 10.6. The molecule has 0 unspecified atom stereocenters. The summed E-state index contributed by atoms with van der Waals surface area (Å²) in [5.74, 6) is 1.43. The summed E-state index contributed by atoms with van der Waals surface area (Å²) in [6.45, 7) is 2.11. The SMILES string of the molecule is Cc1cccc(C(=O)Cc2ccc3c(c2)OCO3)n1. The van der Waals surface area contributed by atoms with Crippen molar-refractivity contribution in [1.82, 2.24) is 4.98 Å². The van der Waals surface area contributed by atoms with Gasteiger partial charge < -0.3 is 9.47 Å². The predicted molar refractivity (Wildman–Crippen MR) is 69.6 cm³/mol. The van der Waals surface area contributed by atoms with E-state index in [0.717, 1.165) is 17.0 Å². The van der Waals surface area contributed by atoms with Gasteiger partial charge in [-0.05, 0) is 36.8 Å². The number of aryl methyl sites for hydroxylation is 1. The molecule has 1 aromatic heterocycles. The second-order valence-electron chi connectivity index (χ2n) is 4.45. The smallest absolute Gasteiger partial charge is 0.231 e. The van der Waals surface area contributed by atoms with Crippen molar-refractivity contribution < 1.29 is 14.3 Å². The van der Waals surface area contributed by atoms with E-state index in [1.165, 1.54) is 0 Å². The van der Waals surface area contributed by atoms with Gasteiger partial charge in [0.1, 0.15) is 5.69 Å². The standard InChI is InChI=1S/C15H13NO3/c1-10-3-2-4-12(16-10)13(17)7-11-5-6-14-15(8-11)19-9-18-14/h2-6,8H,7,9H2,1H3. The van der Waals surface area contributed by atoms with Crippen LogP contribution in [0.5, 0.6) is 11.5 Å². The highest BCUT2D eigenvalue weighted by Crippen LogP contribution is 2.32. The second-order valence-corrected chi connectivity index (χ2v) is 4.45. The molecule has 1 aromatic carbocycles. The average Bonchev–Trinajstić information content (AvgIpc) is 2.86. The Balaban J connectivity index is 1.80. The summed E-state index contributed by atoms with van der Waals surface area (Å²) in [5.41, 5.74) is 2.24. The van der Waals surface area contributed by atoms with Crippen LogP contribution in [-0.2, 0) is 6.42 Å². The number of nitrogens with zero attached hydrogens (tertiary/aromatic N) is 1. The van der Waals surface area contributed by atoms with Crippen LogP contribution in [0.25, 0.3) is 0 Å². The molecule has 1 aliphatic heterocycles. The average molecular weight is 255 g/mol. The molecule has 0 amide bonds. The fourth-order valence-corrected chi connectivity index (χ4v) is 2.03. The van der Waals surface area contributed by atoms with Crippen LogP contribution in [0.1, 0.15) is 21.7 Å². The molecule has 3 rings (SSSR count). The van der Waals surface area contributed by atoms with Crippen LogP contribution in [-0.4, -0.2) is 17.6 Å². The molecular weight excluding hydrogens is 242 g/mol. The van der Waals surface area contributed by atoms with E-state index in [-0.39, 0.29) is 12.6 Å². The summed E-state index contributed by atoms with van der Waals surface area (Å²) in [6.07, 6.45) is 0.313. The monoisotopic (exact) mass is 255 g/mol. The lowest BCUT2D eigenvalue weighted by molar-refractivity contribution is 0.0988. The number of pyridine rings is 1. The normalized spacial score (nSPS) is 12.5. The number of carbonyl (C=O) groups is 1. The molecule has 0 saturated heterocycles. The summed E-state index contributed by atoms with van der Waals surface area (Å²) < 4.78 is 10.5. The molecule has 96 valence electrons. The van der Waals surface area contributed by atoms with E-state index in [0.29, 0.717) is 17.9 Å². The fraction of sp³-hybridized carbons (Fsp3) is 0.200. The number of Topliss-reactive ketones (excluding diaryl/α,β-unsaturated/α-hetero) is 1. The largest absolute Gasteiger partial charge is 0.454 e. The zero-order valence-corrected chi connectivity index (χ0v) is 10.6. The molecule has 0 N–H and O–H groups in total. The zero-order chi connectivity index (χ0) is 13.2. The van der Waals surface area contributed by atoms with Gasteiger partial charge in [0.25, 0.3) is 0 Å². The maximum atomic E-state index is 12.1. The molecule has 19 heavy (non-hydrogen) atoms. The first kappa shape index (κ1) is 11.7. The van der Waals surface area contributed by atoms with Gasteiger partial charge in [0.15, 0.2) is 17.3 Å². The van der Waals surface area contributed by atoms with Crippen molar-refractivity contribution in [1.29, 1.82) is 0 Å². The van der Waals surface area contributed by atoms with Crippen molar-refractivity contribution in [2.45, 2.75) is 13.3 Å². The first-order valence-corrected chi connectivity index (χ1v) is 6.08. The highest BCUT2D eigenvalue weighted by molar-refractivity contribution is 5.95. The molecule has 0 saturated carbocycles. The third-order valence-electron chi connectivity index (χ3n) is 2.98.